The number of rotatable bonds is 16. The van der Waals surface area contributed by atoms with Crippen LogP contribution in [0.3, 0.4) is 0 Å². The minimum absolute atomic E-state index is 0.0743. The van der Waals surface area contributed by atoms with E-state index in [2.05, 4.69) is 5.32 Å². The number of nitrogens with zero attached hydrogens (tertiary/aromatic N) is 2. The fourth-order valence-corrected chi connectivity index (χ4v) is 7.28. The average molecular weight is 824 g/mol. The number of carboxylic acids is 2. The van der Waals surface area contributed by atoms with Gasteiger partial charge < -0.3 is 39.9 Å². The number of carboxylic acid groups (broad SMARTS) is 2. The number of nitrogens with one attached hydrogen (secondary N) is 1. The second kappa shape index (κ2) is 17.7. The van der Waals surface area contributed by atoms with Gasteiger partial charge >= 0.3 is 11.9 Å². The van der Waals surface area contributed by atoms with Gasteiger partial charge in [0.2, 0.25) is 5.91 Å². The molecule has 0 fully saturated rings. The lowest BCUT2D eigenvalue weighted by molar-refractivity contribution is -0.138. The highest BCUT2D eigenvalue weighted by molar-refractivity contribution is 6.33. The van der Waals surface area contributed by atoms with E-state index in [0.29, 0.717) is 55.3 Å². The molecular weight excluding hydrogens is 783 g/mol. The highest BCUT2D eigenvalue weighted by Crippen LogP contribution is 2.38. The molecule has 0 saturated carbocycles. The number of ether oxygens (including phenoxy) is 2. The predicted octanol–water partition coefficient (Wildman–Crippen LogP) is 8.43. The van der Waals surface area contributed by atoms with Gasteiger partial charge in [-0.3, -0.25) is 19.2 Å². The van der Waals surface area contributed by atoms with Crippen LogP contribution >= 0.6 is 23.2 Å². The number of carbonyl (C=O) groups excluding carboxylic acids is 2. The molecule has 0 aliphatic heterocycles. The van der Waals surface area contributed by atoms with Crippen LogP contribution in [0.5, 0.6) is 11.5 Å². The number of benzene rings is 4. The Bertz CT molecular complexity index is 2560. The Labute approximate surface area is 344 Å². The maximum absolute atomic E-state index is 13.5. The van der Waals surface area contributed by atoms with Crippen molar-refractivity contribution in [2.75, 3.05) is 13.8 Å². The molecule has 0 saturated heterocycles. The van der Waals surface area contributed by atoms with Crippen LogP contribution in [-0.4, -0.2) is 56.9 Å². The van der Waals surface area contributed by atoms with E-state index in [1.807, 2.05) is 53.3 Å². The van der Waals surface area contributed by atoms with Gasteiger partial charge in [0.15, 0.2) is 6.73 Å². The number of methoxy groups -OCH3 is 1. The van der Waals surface area contributed by atoms with Crippen molar-refractivity contribution in [1.29, 1.82) is 0 Å². The molecule has 4 aromatic carbocycles. The number of amides is 2. The SMILES string of the molecule is COc1ccc(-c2ccc(CCC(=O)O)n2-c2ccc(C(=O)NCOc3cc(Cl)ccc3-c3ccc(CCC(=O)O)n3-c3ccc(C(N)=O)cc3C)cc2C)c(Cl)c1. The van der Waals surface area contributed by atoms with Crippen LogP contribution < -0.4 is 20.5 Å². The Morgan fingerprint density at radius 3 is 1.78 bits per heavy atom. The molecule has 0 radical (unpaired) electrons. The standard InChI is InChI=1S/C44H40Cl2N4O8/c1-25-20-27(43(47)55)4-14-36(25)50-31(10-19-42(53)54)8-17-39(50)34-12-6-29(45)22-40(34)58-24-48-44(56)28-5-15-37(26(2)21-28)49-30(9-18-41(51)52)7-16-38(49)33-13-11-32(57-3)23-35(33)46/h4-8,11-17,20-23H,9-10,18-19,24H2,1-3H3,(H2,47,55)(H,48,56)(H,51,52)(H,53,54). The third-order valence-electron chi connectivity index (χ3n) is 9.67. The van der Waals surface area contributed by atoms with E-state index in [0.717, 1.165) is 33.8 Å². The number of hydrogen-bond donors (Lipinski definition) is 4. The molecule has 2 aromatic heterocycles. The summed E-state index contributed by atoms with van der Waals surface area (Å²) < 4.78 is 15.3. The van der Waals surface area contributed by atoms with Crippen molar-refractivity contribution < 1.29 is 38.9 Å². The zero-order valence-electron chi connectivity index (χ0n) is 31.8. The first-order valence-corrected chi connectivity index (χ1v) is 18.9. The van der Waals surface area contributed by atoms with E-state index in [1.54, 1.807) is 73.8 Å². The van der Waals surface area contributed by atoms with Crippen molar-refractivity contribution in [3.63, 3.8) is 0 Å². The third kappa shape index (κ3) is 9.04. The number of nitrogens with two attached hydrogens (primary N) is 1. The predicted molar refractivity (Wildman–Crippen MR) is 222 cm³/mol. The zero-order chi connectivity index (χ0) is 41.7. The molecule has 0 aliphatic rings. The first kappa shape index (κ1) is 41.1. The summed E-state index contributed by atoms with van der Waals surface area (Å²) >= 11 is 13.1. The smallest absolute Gasteiger partial charge is 0.303 e. The molecule has 6 rings (SSSR count). The molecular formula is C44H40Cl2N4O8. The van der Waals surface area contributed by atoms with Gasteiger partial charge in [-0.1, -0.05) is 23.2 Å². The Morgan fingerprint density at radius 2 is 1.24 bits per heavy atom. The third-order valence-corrected chi connectivity index (χ3v) is 10.2. The largest absolute Gasteiger partial charge is 0.497 e. The van der Waals surface area contributed by atoms with Crippen molar-refractivity contribution >= 4 is 47.0 Å². The molecule has 0 bridgehead atoms. The monoisotopic (exact) mass is 822 g/mol. The number of aromatic nitrogens is 2. The number of aliphatic carboxylic acids is 2. The maximum atomic E-state index is 13.5. The summed E-state index contributed by atoms with van der Waals surface area (Å²) in [5.74, 6) is -1.88. The molecule has 0 atom stereocenters. The van der Waals surface area contributed by atoms with E-state index in [4.69, 9.17) is 38.4 Å². The maximum Gasteiger partial charge on any atom is 0.303 e. The fraction of sp³-hybridized carbons (Fsp3) is 0.182. The van der Waals surface area contributed by atoms with Crippen LogP contribution in [0.1, 0.15) is 56.1 Å². The Kier molecular flexibility index (Phi) is 12.6. The topological polar surface area (TPSA) is 175 Å². The van der Waals surface area contributed by atoms with Crippen molar-refractivity contribution in [2.45, 2.75) is 39.5 Å². The highest BCUT2D eigenvalue weighted by Gasteiger charge is 2.21. The van der Waals surface area contributed by atoms with E-state index < -0.39 is 23.8 Å². The molecule has 58 heavy (non-hydrogen) atoms. The van der Waals surface area contributed by atoms with Crippen LogP contribution in [0.15, 0.2) is 97.1 Å². The van der Waals surface area contributed by atoms with Crippen LogP contribution in [-0.2, 0) is 22.4 Å². The highest BCUT2D eigenvalue weighted by atomic mass is 35.5. The number of halogens is 2. The normalized spacial score (nSPS) is 11.0. The van der Waals surface area contributed by atoms with E-state index in [9.17, 15) is 29.4 Å². The second-order valence-electron chi connectivity index (χ2n) is 13.5. The van der Waals surface area contributed by atoms with Crippen molar-refractivity contribution in [1.82, 2.24) is 14.5 Å². The van der Waals surface area contributed by atoms with Gasteiger partial charge in [0, 0.05) is 50.0 Å². The number of carbonyl (C=O) groups is 4. The molecule has 2 heterocycles. The molecule has 5 N–H and O–H groups in total. The molecule has 12 nitrogen and oxygen atoms in total. The van der Waals surface area contributed by atoms with E-state index in [-0.39, 0.29) is 32.4 Å². The lowest BCUT2D eigenvalue weighted by atomic mass is 10.1. The van der Waals surface area contributed by atoms with E-state index >= 15 is 0 Å². The quantitative estimate of drug-likeness (QED) is 0.0704. The Morgan fingerprint density at radius 1 is 0.690 bits per heavy atom. The number of primary amides is 1. The van der Waals surface area contributed by atoms with Gasteiger partial charge in [-0.2, -0.15) is 0 Å². The van der Waals surface area contributed by atoms with Crippen molar-refractivity contribution in [2.24, 2.45) is 5.73 Å². The molecule has 0 spiro atoms. The van der Waals surface area contributed by atoms with E-state index in [1.165, 1.54) is 0 Å². The van der Waals surface area contributed by atoms with Crippen LogP contribution in [0, 0.1) is 13.8 Å². The molecule has 14 heteroatoms. The summed E-state index contributed by atoms with van der Waals surface area (Å²) in [7, 11) is 1.56. The molecule has 298 valence electrons. The number of hydrogen-bond acceptors (Lipinski definition) is 6. The van der Waals surface area contributed by atoms with Gasteiger partial charge in [-0.25, -0.2) is 0 Å². The summed E-state index contributed by atoms with van der Waals surface area (Å²) in [6.07, 6.45) is 0.320. The summed E-state index contributed by atoms with van der Waals surface area (Å²) in [5, 5.41) is 22.6. The van der Waals surface area contributed by atoms with Crippen LogP contribution in [0.25, 0.3) is 33.9 Å². The first-order valence-electron chi connectivity index (χ1n) is 18.2. The molecule has 6 aromatic rings. The lowest BCUT2D eigenvalue weighted by Crippen LogP contribution is -2.28. The molecule has 2 amide bonds. The lowest BCUT2D eigenvalue weighted by Gasteiger charge is -2.19. The minimum atomic E-state index is -0.945. The Hall–Kier alpha value is -6.50. The summed E-state index contributed by atoms with van der Waals surface area (Å²) in [6, 6.07) is 28.2. The average Bonchev–Trinajstić information content (AvgIpc) is 3.80. The van der Waals surface area contributed by atoms with Gasteiger partial charge in [0.05, 0.1) is 36.4 Å². The molecule has 0 unspecified atom stereocenters. The van der Waals surface area contributed by atoms with Crippen molar-refractivity contribution in [3.05, 3.63) is 141 Å². The van der Waals surface area contributed by atoms with Gasteiger partial charge in [0.25, 0.3) is 5.91 Å². The summed E-state index contributed by atoms with van der Waals surface area (Å²) in [4.78, 5) is 48.5. The molecule has 0 aliphatic carbocycles. The van der Waals surface area contributed by atoms with Gasteiger partial charge in [-0.15, -0.1) is 0 Å². The van der Waals surface area contributed by atoms with Crippen molar-refractivity contribution in [3.8, 4) is 45.4 Å². The van der Waals surface area contributed by atoms with Crippen LogP contribution in [0.2, 0.25) is 10.0 Å². The Balaban J connectivity index is 1.26. The van der Waals surface area contributed by atoms with Crippen LogP contribution in [0.4, 0.5) is 0 Å². The second-order valence-corrected chi connectivity index (χ2v) is 14.4. The zero-order valence-corrected chi connectivity index (χ0v) is 33.4. The van der Waals surface area contributed by atoms with Gasteiger partial charge in [-0.05, 0) is 135 Å². The number of aryl methyl sites for hydroxylation is 4. The first-order chi connectivity index (χ1) is 27.7. The fourth-order valence-electron chi connectivity index (χ4n) is 6.85. The summed E-state index contributed by atoms with van der Waals surface area (Å²) in [5.41, 5.74) is 13.4. The summed E-state index contributed by atoms with van der Waals surface area (Å²) in [6.45, 7) is 3.48. The van der Waals surface area contributed by atoms with Gasteiger partial charge in [0.1, 0.15) is 11.5 Å². The minimum Gasteiger partial charge on any atom is -0.497 e.